The second kappa shape index (κ2) is 30.3. The number of carbonyl (C=O) groups excluding carboxylic acids is 1. The van der Waals surface area contributed by atoms with Gasteiger partial charge in [0.2, 0.25) is 0 Å². The van der Waals surface area contributed by atoms with E-state index in [0.717, 1.165) is 25.7 Å². The minimum Gasteiger partial charge on any atom is -0.481 e. The SMILES string of the molecule is CCCCCCCCCCC(CC(O)CO)C(=O)O.CCCCCCCCCCCC(=O)OCC(O)CO. The molecule has 0 spiro atoms. The van der Waals surface area contributed by atoms with Crippen LogP contribution in [0.1, 0.15) is 142 Å². The lowest BCUT2D eigenvalue weighted by atomic mass is 9.95. The summed E-state index contributed by atoms with van der Waals surface area (Å²) in [6, 6.07) is 0. The number of rotatable bonds is 26. The maximum absolute atomic E-state index is 11.3. The van der Waals surface area contributed by atoms with Crippen LogP contribution in [0.4, 0.5) is 0 Å². The van der Waals surface area contributed by atoms with Crippen molar-refractivity contribution in [3.05, 3.63) is 0 Å². The van der Waals surface area contributed by atoms with Gasteiger partial charge in [0, 0.05) is 6.42 Å². The Labute approximate surface area is 232 Å². The third-order valence-electron chi connectivity index (χ3n) is 6.65. The molecule has 0 aliphatic carbocycles. The third-order valence-corrected chi connectivity index (χ3v) is 6.65. The Hall–Kier alpha value is -1.22. The quantitative estimate of drug-likeness (QED) is 0.0677. The van der Waals surface area contributed by atoms with Crippen molar-refractivity contribution < 1.29 is 39.9 Å². The number of carbonyl (C=O) groups is 2. The molecule has 0 heterocycles. The number of carboxylic acids is 1. The van der Waals surface area contributed by atoms with Gasteiger partial charge in [-0.3, -0.25) is 9.59 Å². The molecular weight excluding hydrogens is 488 g/mol. The molecule has 0 amide bonds. The first kappa shape index (κ1) is 38.9. The summed E-state index contributed by atoms with van der Waals surface area (Å²) in [6.45, 7) is 3.59. The smallest absolute Gasteiger partial charge is 0.306 e. The van der Waals surface area contributed by atoms with Crippen LogP contribution in [0.25, 0.3) is 0 Å². The number of unbranched alkanes of at least 4 members (excludes halogenated alkanes) is 15. The van der Waals surface area contributed by atoms with E-state index in [4.69, 9.17) is 25.2 Å². The van der Waals surface area contributed by atoms with Crippen LogP contribution < -0.4 is 0 Å². The third kappa shape index (κ3) is 29.3. The Bertz CT molecular complexity index is 512. The standard InChI is InChI=1S/2C15H30O4/c1-2-3-4-5-6-7-8-9-10-13(15(18)19)11-14(17)12-16;1-2-3-4-5-6-7-8-9-10-11-15(18)19-13-14(17)12-16/h13-14,16-17H,2-12H2,1H3,(H,18,19);14,16-17H,2-13H2,1H3. The fourth-order valence-corrected chi connectivity index (χ4v) is 4.16. The van der Waals surface area contributed by atoms with Crippen LogP contribution in [0, 0.1) is 5.92 Å². The molecule has 3 unspecified atom stereocenters. The van der Waals surface area contributed by atoms with E-state index in [2.05, 4.69) is 13.8 Å². The largest absolute Gasteiger partial charge is 0.481 e. The van der Waals surface area contributed by atoms with Crippen LogP contribution in [0.5, 0.6) is 0 Å². The van der Waals surface area contributed by atoms with Crippen LogP contribution in [-0.2, 0) is 14.3 Å². The van der Waals surface area contributed by atoms with E-state index in [0.29, 0.717) is 12.8 Å². The van der Waals surface area contributed by atoms with Crippen molar-refractivity contribution in [2.75, 3.05) is 19.8 Å². The molecule has 0 radical (unpaired) electrons. The van der Waals surface area contributed by atoms with Gasteiger partial charge in [0.25, 0.3) is 0 Å². The predicted molar refractivity (Wildman–Crippen MR) is 152 cm³/mol. The van der Waals surface area contributed by atoms with Crippen molar-refractivity contribution >= 4 is 11.9 Å². The lowest BCUT2D eigenvalue weighted by Crippen LogP contribution is -2.23. The second-order valence-corrected chi connectivity index (χ2v) is 10.5. The van der Waals surface area contributed by atoms with E-state index in [1.54, 1.807) is 0 Å². The highest BCUT2D eigenvalue weighted by atomic mass is 16.5. The number of ether oxygens (including phenoxy) is 1. The molecule has 8 heteroatoms. The molecule has 0 aromatic rings. The minimum atomic E-state index is -0.952. The van der Waals surface area contributed by atoms with Crippen molar-refractivity contribution in [2.24, 2.45) is 5.92 Å². The lowest BCUT2D eigenvalue weighted by molar-refractivity contribution is -0.147. The predicted octanol–water partition coefficient (Wildman–Crippen LogP) is 5.77. The fourth-order valence-electron chi connectivity index (χ4n) is 4.16. The molecule has 38 heavy (non-hydrogen) atoms. The van der Waals surface area contributed by atoms with Gasteiger partial charge in [-0.1, -0.05) is 117 Å². The molecule has 0 aliphatic heterocycles. The zero-order valence-corrected chi connectivity index (χ0v) is 24.5. The zero-order chi connectivity index (χ0) is 28.9. The van der Waals surface area contributed by atoms with Crippen molar-refractivity contribution in [3.63, 3.8) is 0 Å². The summed E-state index contributed by atoms with van der Waals surface area (Å²) in [4.78, 5) is 22.3. The summed E-state index contributed by atoms with van der Waals surface area (Å²) in [7, 11) is 0. The van der Waals surface area contributed by atoms with Gasteiger partial charge in [-0.05, 0) is 19.3 Å². The molecule has 3 atom stereocenters. The highest BCUT2D eigenvalue weighted by Gasteiger charge is 2.20. The van der Waals surface area contributed by atoms with Crippen LogP contribution in [0.2, 0.25) is 0 Å². The Morgan fingerprint density at radius 2 is 1.05 bits per heavy atom. The first-order chi connectivity index (χ1) is 18.3. The van der Waals surface area contributed by atoms with Crippen LogP contribution in [0.15, 0.2) is 0 Å². The van der Waals surface area contributed by atoms with Gasteiger partial charge in [-0.15, -0.1) is 0 Å². The Balaban J connectivity index is 0. The molecule has 0 aromatic carbocycles. The molecule has 8 nitrogen and oxygen atoms in total. The Morgan fingerprint density at radius 1 is 0.632 bits per heavy atom. The number of aliphatic hydroxyl groups excluding tert-OH is 4. The van der Waals surface area contributed by atoms with Crippen molar-refractivity contribution in [1.82, 2.24) is 0 Å². The summed E-state index contributed by atoms with van der Waals surface area (Å²) in [5.41, 5.74) is 0. The highest BCUT2D eigenvalue weighted by molar-refractivity contribution is 5.70. The number of hydrogen-bond acceptors (Lipinski definition) is 7. The van der Waals surface area contributed by atoms with Crippen LogP contribution >= 0.6 is 0 Å². The van der Waals surface area contributed by atoms with E-state index in [9.17, 15) is 14.7 Å². The van der Waals surface area contributed by atoms with Crippen molar-refractivity contribution in [1.29, 1.82) is 0 Å². The molecule has 228 valence electrons. The summed E-state index contributed by atoms with van der Waals surface area (Å²) >= 11 is 0. The van der Waals surface area contributed by atoms with Crippen molar-refractivity contribution in [3.8, 4) is 0 Å². The molecule has 0 saturated heterocycles. The van der Waals surface area contributed by atoms with E-state index >= 15 is 0 Å². The zero-order valence-electron chi connectivity index (χ0n) is 24.5. The molecule has 0 aromatic heterocycles. The molecule has 0 saturated carbocycles. The molecule has 0 bridgehead atoms. The summed E-state index contributed by atoms with van der Waals surface area (Å²) in [5, 5.41) is 44.6. The monoisotopic (exact) mass is 548 g/mol. The van der Waals surface area contributed by atoms with E-state index in [1.165, 1.54) is 83.5 Å². The number of aliphatic hydroxyl groups is 4. The van der Waals surface area contributed by atoms with E-state index in [1.807, 2.05) is 0 Å². The maximum Gasteiger partial charge on any atom is 0.306 e. The molecular formula is C30H60O8. The van der Waals surface area contributed by atoms with Gasteiger partial charge in [-0.2, -0.15) is 0 Å². The van der Waals surface area contributed by atoms with Crippen LogP contribution in [-0.4, -0.2) is 69.5 Å². The number of carboxylic acid groups (broad SMARTS) is 1. The van der Waals surface area contributed by atoms with E-state index < -0.39 is 24.1 Å². The average Bonchev–Trinajstić information content (AvgIpc) is 2.91. The van der Waals surface area contributed by atoms with Crippen molar-refractivity contribution in [2.45, 2.75) is 154 Å². The summed E-state index contributed by atoms with van der Waals surface area (Å²) in [5.74, 6) is -1.67. The normalized spacial score (nSPS) is 13.3. The van der Waals surface area contributed by atoms with E-state index in [-0.39, 0.29) is 32.2 Å². The van der Waals surface area contributed by atoms with Gasteiger partial charge < -0.3 is 30.3 Å². The summed E-state index contributed by atoms with van der Waals surface area (Å²) < 4.78 is 4.82. The lowest BCUT2D eigenvalue weighted by Gasteiger charge is -2.15. The Kier molecular flexibility index (Phi) is 31.1. The van der Waals surface area contributed by atoms with Gasteiger partial charge in [-0.25, -0.2) is 0 Å². The second-order valence-electron chi connectivity index (χ2n) is 10.5. The number of esters is 1. The maximum atomic E-state index is 11.3. The molecule has 0 aliphatic rings. The van der Waals surface area contributed by atoms with Gasteiger partial charge in [0.1, 0.15) is 12.7 Å². The first-order valence-corrected chi connectivity index (χ1v) is 15.3. The molecule has 0 rings (SSSR count). The van der Waals surface area contributed by atoms with Gasteiger partial charge in [0.05, 0.1) is 25.2 Å². The topological polar surface area (TPSA) is 145 Å². The first-order valence-electron chi connectivity index (χ1n) is 15.3. The minimum absolute atomic E-state index is 0.104. The van der Waals surface area contributed by atoms with Crippen LogP contribution in [0.3, 0.4) is 0 Å². The average molecular weight is 549 g/mol. The molecule has 0 fully saturated rings. The number of hydrogen-bond donors (Lipinski definition) is 5. The van der Waals surface area contributed by atoms with Gasteiger partial charge >= 0.3 is 11.9 Å². The Morgan fingerprint density at radius 3 is 1.47 bits per heavy atom. The fraction of sp³-hybridized carbons (Fsp3) is 0.933. The molecule has 5 N–H and O–H groups in total. The summed E-state index contributed by atoms with van der Waals surface area (Å²) in [6.07, 6.45) is 19.7. The highest BCUT2D eigenvalue weighted by Crippen LogP contribution is 2.18. The van der Waals surface area contributed by atoms with Gasteiger partial charge in [0.15, 0.2) is 0 Å². The number of aliphatic carboxylic acids is 1.